The predicted octanol–water partition coefficient (Wildman–Crippen LogP) is 2.07. The van der Waals surface area contributed by atoms with Crippen LogP contribution in [0.15, 0.2) is 22.9 Å². The molecule has 1 heterocycles. The maximum Gasteiger partial charge on any atom is 0.264 e. The Morgan fingerprint density at radius 2 is 2.23 bits per heavy atom. The van der Waals surface area contributed by atoms with Crippen molar-refractivity contribution < 1.29 is 4.74 Å². The molecule has 70 valence electrons. The van der Waals surface area contributed by atoms with E-state index in [1.54, 1.807) is 17.3 Å². The average molecular weight is 261 g/mol. The van der Waals surface area contributed by atoms with Crippen molar-refractivity contribution in [2.45, 2.75) is 0 Å². The molecule has 0 N–H and O–H groups in total. The highest BCUT2D eigenvalue weighted by molar-refractivity contribution is 9.10. The Kier molecular flexibility index (Phi) is 3.62. The van der Waals surface area contributed by atoms with Crippen molar-refractivity contribution >= 4 is 33.3 Å². The molecule has 0 aliphatic heterocycles. The molecule has 1 aromatic heterocycles. The van der Waals surface area contributed by atoms with Gasteiger partial charge in [-0.05, 0) is 34.2 Å². The fourth-order valence-electron chi connectivity index (χ4n) is 0.640. The molecule has 0 bridgehead atoms. The van der Waals surface area contributed by atoms with Crippen LogP contribution in [0.5, 0.6) is 5.75 Å². The molecule has 0 atom stereocenters. The highest BCUT2D eigenvalue weighted by Crippen LogP contribution is 2.16. The van der Waals surface area contributed by atoms with Gasteiger partial charge in [-0.25, -0.2) is 0 Å². The summed E-state index contributed by atoms with van der Waals surface area (Å²) in [6.07, 6.45) is 3.30. The lowest BCUT2D eigenvalue weighted by atomic mass is 10.5. The predicted molar refractivity (Wildman–Crippen MR) is 58.9 cm³/mol. The van der Waals surface area contributed by atoms with Gasteiger partial charge in [0, 0.05) is 24.8 Å². The number of ether oxygens (including phenoxy) is 1. The molecule has 0 spiro atoms. The summed E-state index contributed by atoms with van der Waals surface area (Å²) in [7, 11) is 3.65. The summed E-state index contributed by atoms with van der Waals surface area (Å²) >= 11 is 8.25. The normalized spacial score (nSPS) is 9.46. The minimum atomic E-state index is 0.417. The molecule has 13 heavy (non-hydrogen) atoms. The van der Waals surface area contributed by atoms with Gasteiger partial charge in [-0.15, -0.1) is 0 Å². The van der Waals surface area contributed by atoms with Crippen LogP contribution in [0.1, 0.15) is 0 Å². The number of pyridine rings is 1. The van der Waals surface area contributed by atoms with E-state index in [9.17, 15) is 0 Å². The van der Waals surface area contributed by atoms with E-state index in [1.165, 1.54) is 0 Å². The van der Waals surface area contributed by atoms with Gasteiger partial charge in [0.1, 0.15) is 5.75 Å². The van der Waals surface area contributed by atoms with Crippen LogP contribution in [0.4, 0.5) is 0 Å². The van der Waals surface area contributed by atoms with Gasteiger partial charge in [0.15, 0.2) is 0 Å². The van der Waals surface area contributed by atoms with Gasteiger partial charge in [-0.2, -0.15) is 0 Å². The summed E-state index contributed by atoms with van der Waals surface area (Å²) in [6.45, 7) is 0. The van der Waals surface area contributed by atoms with Gasteiger partial charge in [-0.1, -0.05) is 0 Å². The van der Waals surface area contributed by atoms with E-state index in [1.807, 2.05) is 20.2 Å². The fraction of sp³-hybridized carbons (Fsp3) is 0.250. The number of halogens is 1. The molecule has 0 saturated heterocycles. The zero-order chi connectivity index (χ0) is 9.84. The van der Waals surface area contributed by atoms with E-state index in [0.29, 0.717) is 10.9 Å². The van der Waals surface area contributed by atoms with Gasteiger partial charge in [0.05, 0.1) is 6.20 Å². The highest BCUT2D eigenvalue weighted by atomic mass is 79.9. The Balaban J connectivity index is 2.69. The standard InChI is InChI=1S/C8H9BrN2OS/c1-11(2)8(13)12-7-3-6(9)4-10-5-7/h3-5H,1-2H3. The molecule has 0 radical (unpaired) electrons. The number of thiocarbonyl (C=S) groups is 1. The van der Waals surface area contributed by atoms with Crippen molar-refractivity contribution in [3.05, 3.63) is 22.9 Å². The van der Waals surface area contributed by atoms with Gasteiger partial charge in [-0.3, -0.25) is 4.98 Å². The second-order valence-electron chi connectivity index (χ2n) is 2.60. The smallest absolute Gasteiger partial charge is 0.264 e. The van der Waals surface area contributed by atoms with Crippen LogP contribution >= 0.6 is 28.1 Å². The van der Waals surface area contributed by atoms with Crippen molar-refractivity contribution in [3.8, 4) is 5.75 Å². The van der Waals surface area contributed by atoms with E-state index in [0.717, 1.165) is 4.47 Å². The monoisotopic (exact) mass is 260 g/mol. The zero-order valence-electron chi connectivity index (χ0n) is 7.32. The van der Waals surface area contributed by atoms with Crippen LogP contribution in [-0.2, 0) is 0 Å². The average Bonchev–Trinajstić information content (AvgIpc) is 2.04. The van der Waals surface area contributed by atoms with Crippen LogP contribution < -0.4 is 4.74 Å². The van der Waals surface area contributed by atoms with Crippen molar-refractivity contribution in [1.82, 2.24) is 9.88 Å². The summed E-state index contributed by atoms with van der Waals surface area (Å²) in [5.74, 6) is 0.632. The Bertz CT molecular complexity index is 317. The summed E-state index contributed by atoms with van der Waals surface area (Å²) in [6, 6.07) is 1.81. The molecule has 0 amide bonds. The molecule has 0 saturated carbocycles. The topological polar surface area (TPSA) is 25.4 Å². The largest absolute Gasteiger partial charge is 0.430 e. The summed E-state index contributed by atoms with van der Waals surface area (Å²) in [5.41, 5.74) is 0. The molecule has 0 fully saturated rings. The van der Waals surface area contributed by atoms with E-state index in [2.05, 4.69) is 20.9 Å². The summed E-state index contributed by atoms with van der Waals surface area (Å²) in [4.78, 5) is 5.67. The SMILES string of the molecule is CN(C)C(=S)Oc1cncc(Br)c1. The lowest BCUT2D eigenvalue weighted by molar-refractivity contribution is 0.448. The van der Waals surface area contributed by atoms with Crippen LogP contribution in [0.2, 0.25) is 0 Å². The summed E-state index contributed by atoms with van der Waals surface area (Å²) < 4.78 is 6.19. The van der Waals surface area contributed by atoms with Crippen LogP contribution in [-0.4, -0.2) is 29.2 Å². The van der Waals surface area contributed by atoms with Crippen molar-refractivity contribution in [2.24, 2.45) is 0 Å². The molecule has 0 aliphatic rings. The van der Waals surface area contributed by atoms with Crippen molar-refractivity contribution in [1.29, 1.82) is 0 Å². The molecule has 1 aromatic rings. The Hall–Kier alpha value is -0.680. The van der Waals surface area contributed by atoms with E-state index in [4.69, 9.17) is 17.0 Å². The first-order valence-electron chi connectivity index (χ1n) is 3.59. The Morgan fingerprint density at radius 1 is 1.54 bits per heavy atom. The maximum atomic E-state index is 5.32. The van der Waals surface area contributed by atoms with E-state index < -0.39 is 0 Å². The fourth-order valence-corrected chi connectivity index (χ4v) is 1.08. The van der Waals surface area contributed by atoms with Gasteiger partial charge >= 0.3 is 0 Å². The zero-order valence-corrected chi connectivity index (χ0v) is 9.72. The van der Waals surface area contributed by atoms with Crippen LogP contribution in [0.3, 0.4) is 0 Å². The number of rotatable bonds is 1. The molecule has 5 heteroatoms. The van der Waals surface area contributed by atoms with Crippen LogP contribution in [0.25, 0.3) is 0 Å². The van der Waals surface area contributed by atoms with E-state index in [-0.39, 0.29) is 0 Å². The van der Waals surface area contributed by atoms with Gasteiger partial charge in [0.2, 0.25) is 0 Å². The lowest BCUT2D eigenvalue weighted by Crippen LogP contribution is -2.24. The van der Waals surface area contributed by atoms with Crippen molar-refractivity contribution in [3.63, 3.8) is 0 Å². The number of nitrogens with zero attached hydrogens (tertiary/aromatic N) is 2. The third-order valence-electron chi connectivity index (χ3n) is 1.25. The maximum absolute atomic E-state index is 5.32. The Morgan fingerprint density at radius 3 is 2.77 bits per heavy atom. The quantitative estimate of drug-likeness (QED) is 0.723. The number of hydrogen-bond acceptors (Lipinski definition) is 3. The minimum Gasteiger partial charge on any atom is -0.430 e. The molecule has 0 aliphatic carbocycles. The summed E-state index contributed by atoms with van der Waals surface area (Å²) in [5, 5.41) is 0.417. The molecular weight excluding hydrogens is 252 g/mol. The van der Waals surface area contributed by atoms with Crippen molar-refractivity contribution in [2.75, 3.05) is 14.1 Å². The third kappa shape index (κ3) is 3.28. The van der Waals surface area contributed by atoms with Crippen LogP contribution in [0, 0.1) is 0 Å². The second-order valence-corrected chi connectivity index (χ2v) is 3.87. The first-order chi connectivity index (χ1) is 6.09. The third-order valence-corrected chi connectivity index (χ3v) is 2.13. The van der Waals surface area contributed by atoms with E-state index >= 15 is 0 Å². The Labute approximate surface area is 90.8 Å². The first kappa shape index (κ1) is 10.4. The van der Waals surface area contributed by atoms with Gasteiger partial charge < -0.3 is 9.64 Å². The highest BCUT2D eigenvalue weighted by Gasteiger charge is 2.02. The molecule has 1 rings (SSSR count). The number of aromatic nitrogens is 1. The van der Waals surface area contributed by atoms with Gasteiger partial charge in [0.25, 0.3) is 5.17 Å². The lowest BCUT2D eigenvalue weighted by Gasteiger charge is -2.13. The molecule has 0 aromatic carbocycles. The second kappa shape index (κ2) is 4.53. The first-order valence-corrected chi connectivity index (χ1v) is 4.79. The minimum absolute atomic E-state index is 0.417. The molecule has 3 nitrogen and oxygen atoms in total. The number of hydrogen-bond donors (Lipinski definition) is 0. The molecular formula is C8H9BrN2OS. The molecule has 0 unspecified atom stereocenters.